The molecule has 3 rings (SSSR count). The SMILES string of the molecule is CCCCOC(=O)c1ccc(NC(=O)c2cc(N3CCN(C)CC3)ncn2)cc1. The van der Waals surface area contributed by atoms with Crippen molar-refractivity contribution in [1.29, 1.82) is 0 Å². The van der Waals surface area contributed by atoms with E-state index in [1.807, 2.05) is 6.92 Å². The topological polar surface area (TPSA) is 87.7 Å². The van der Waals surface area contributed by atoms with Crippen LogP contribution in [0.4, 0.5) is 11.5 Å². The molecule has 0 unspecified atom stereocenters. The third kappa shape index (κ3) is 5.74. The van der Waals surface area contributed by atoms with Crippen LogP contribution in [0.5, 0.6) is 0 Å². The van der Waals surface area contributed by atoms with Gasteiger partial charge in [0.15, 0.2) is 0 Å². The van der Waals surface area contributed by atoms with E-state index in [4.69, 9.17) is 4.74 Å². The molecule has 154 valence electrons. The Morgan fingerprint density at radius 3 is 2.52 bits per heavy atom. The highest BCUT2D eigenvalue weighted by Crippen LogP contribution is 2.16. The van der Waals surface area contributed by atoms with Crippen LogP contribution in [-0.2, 0) is 4.74 Å². The van der Waals surface area contributed by atoms with Crippen molar-refractivity contribution in [2.75, 3.05) is 50.1 Å². The third-order valence-corrected chi connectivity index (χ3v) is 4.82. The Morgan fingerprint density at radius 1 is 1.10 bits per heavy atom. The number of unbranched alkanes of at least 4 members (excludes halogenated alkanes) is 1. The lowest BCUT2D eigenvalue weighted by Gasteiger charge is -2.33. The first-order chi connectivity index (χ1) is 14.1. The molecule has 1 saturated heterocycles. The van der Waals surface area contributed by atoms with Gasteiger partial charge in [0.25, 0.3) is 5.91 Å². The Balaban J connectivity index is 1.60. The van der Waals surface area contributed by atoms with Gasteiger partial charge in [0.05, 0.1) is 12.2 Å². The fourth-order valence-corrected chi connectivity index (χ4v) is 2.96. The highest BCUT2D eigenvalue weighted by atomic mass is 16.5. The summed E-state index contributed by atoms with van der Waals surface area (Å²) in [6.45, 7) is 6.10. The Hall–Kier alpha value is -3.00. The van der Waals surface area contributed by atoms with E-state index in [9.17, 15) is 9.59 Å². The number of nitrogens with one attached hydrogen (secondary N) is 1. The number of ether oxygens (including phenoxy) is 1. The number of amides is 1. The van der Waals surface area contributed by atoms with E-state index in [0.29, 0.717) is 23.6 Å². The Labute approximate surface area is 170 Å². The second kappa shape index (κ2) is 9.97. The Bertz CT molecular complexity index is 832. The van der Waals surface area contributed by atoms with Crippen LogP contribution in [0.2, 0.25) is 0 Å². The number of hydrogen-bond acceptors (Lipinski definition) is 7. The summed E-state index contributed by atoms with van der Waals surface area (Å²) in [5.41, 5.74) is 1.34. The number of esters is 1. The molecule has 1 aromatic carbocycles. The van der Waals surface area contributed by atoms with Gasteiger partial charge in [0, 0.05) is 37.9 Å². The molecule has 8 nitrogen and oxygen atoms in total. The van der Waals surface area contributed by atoms with Crippen molar-refractivity contribution in [3.8, 4) is 0 Å². The van der Waals surface area contributed by atoms with Crippen LogP contribution in [0.25, 0.3) is 0 Å². The van der Waals surface area contributed by atoms with Crippen LogP contribution < -0.4 is 10.2 Å². The maximum Gasteiger partial charge on any atom is 0.338 e. The first-order valence-electron chi connectivity index (χ1n) is 9.91. The molecule has 0 spiro atoms. The minimum atomic E-state index is -0.357. The van der Waals surface area contributed by atoms with E-state index in [2.05, 4.69) is 32.1 Å². The van der Waals surface area contributed by atoms with Crippen molar-refractivity contribution in [1.82, 2.24) is 14.9 Å². The van der Waals surface area contributed by atoms with E-state index in [1.54, 1.807) is 30.3 Å². The number of carbonyl (C=O) groups is 2. The number of carbonyl (C=O) groups excluding carboxylic acids is 2. The molecule has 0 bridgehead atoms. The van der Waals surface area contributed by atoms with Crippen LogP contribution >= 0.6 is 0 Å². The standard InChI is InChI=1S/C21H27N5O3/c1-3-4-13-29-21(28)16-5-7-17(8-6-16)24-20(27)18-14-19(23-15-22-18)26-11-9-25(2)10-12-26/h5-8,14-15H,3-4,9-13H2,1-2H3,(H,24,27). The second-order valence-electron chi connectivity index (χ2n) is 7.07. The molecule has 1 N–H and O–H groups in total. The number of hydrogen-bond donors (Lipinski definition) is 1. The smallest absolute Gasteiger partial charge is 0.338 e. The van der Waals surface area contributed by atoms with Gasteiger partial charge in [-0.1, -0.05) is 13.3 Å². The summed E-state index contributed by atoms with van der Waals surface area (Å²) in [5, 5.41) is 2.81. The molecule has 0 saturated carbocycles. The number of benzene rings is 1. The van der Waals surface area contributed by atoms with Gasteiger partial charge < -0.3 is 19.9 Å². The summed E-state index contributed by atoms with van der Waals surface area (Å²) in [5.74, 6) is 0.0772. The lowest BCUT2D eigenvalue weighted by Crippen LogP contribution is -2.44. The van der Waals surface area contributed by atoms with E-state index < -0.39 is 0 Å². The number of piperazine rings is 1. The minimum absolute atomic E-state index is 0.303. The summed E-state index contributed by atoms with van der Waals surface area (Å²) >= 11 is 0. The van der Waals surface area contributed by atoms with Crippen molar-refractivity contribution < 1.29 is 14.3 Å². The molecule has 0 aliphatic carbocycles. The molecule has 8 heteroatoms. The van der Waals surface area contributed by atoms with Crippen molar-refractivity contribution in [3.63, 3.8) is 0 Å². The maximum absolute atomic E-state index is 12.6. The average Bonchev–Trinajstić information content (AvgIpc) is 2.75. The zero-order chi connectivity index (χ0) is 20.6. The normalized spacial score (nSPS) is 14.5. The fraction of sp³-hybridized carbons (Fsp3) is 0.429. The van der Waals surface area contributed by atoms with Crippen LogP contribution in [0.1, 0.15) is 40.6 Å². The second-order valence-corrected chi connectivity index (χ2v) is 7.07. The van der Waals surface area contributed by atoms with E-state index >= 15 is 0 Å². The molecule has 1 fully saturated rings. The molecular weight excluding hydrogens is 370 g/mol. The maximum atomic E-state index is 12.6. The van der Waals surface area contributed by atoms with E-state index in [1.165, 1.54) is 6.33 Å². The molecular formula is C21H27N5O3. The molecule has 2 heterocycles. The predicted octanol–water partition coefficient (Wildman–Crippen LogP) is 2.44. The lowest BCUT2D eigenvalue weighted by molar-refractivity contribution is 0.0499. The van der Waals surface area contributed by atoms with Gasteiger partial charge in [0.2, 0.25) is 0 Å². The van der Waals surface area contributed by atoms with Gasteiger partial charge in [-0.2, -0.15) is 0 Å². The van der Waals surface area contributed by atoms with Gasteiger partial charge in [0.1, 0.15) is 17.8 Å². The summed E-state index contributed by atoms with van der Waals surface area (Å²) in [6.07, 6.45) is 3.23. The Morgan fingerprint density at radius 2 is 1.83 bits per heavy atom. The van der Waals surface area contributed by atoms with Crippen molar-refractivity contribution in [2.24, 2.45) is 0 Å². The monoisotopic (exact) mass is 397 g/mol. The molecule has 2 aromatic rings. The van der Waals surface area contributed by atoms with E-state index in [-0.39, 0.29) is 11.9 Å². The predicted molar refractivity (Wildman–Crippen MR) is 111 cm³/mol. The van der Waals surface area contributed by atoms with Gasteiger partial charge >= 0.3 is 5.97 Å². The first kappa shape index (κ1) is 20.7. The number of anilines is 2. The van der Waals surface area contributed by atoms with Crippen molar-refractivity contribution in [3.05, 3.63) is 47.9 Å². The highest BCUT2D eigenvalue weighted by Gasteiger charge is 2.17. The van der Waals surface area contributed by atoms with Gasteiger partial charge in [-0.15, -0.1) is 0 Å². The molecule has 1 aliphatic heterocycles. The molecule has 1 aliphatic rings. The quantitative estimate of drug-likeness (QED) is 0.567. The fourth-order valence-electron chi connectivity index (χ4n) is 2.96. The third-order valence-electron chi connectivity index (χ3n) is 4.82. The first-order valence-corrected chi connectivity index (χ1v) is 9.91. The number of aromatic nitrogens is 2. The number of likely N-dealkylation sites (N-methyl/N-ethyl adjacent to an activating group) is 1. The lowest BCUT2D eigenvalue weighted by atomic mass is 10.2. The van der Waals surface area contributed by atoms with Gasteiger partial charge in [-0.3, -0.25) is 4.79 Å². The largest absolute Gasteiger partial charge is 0.462 e. The van der Waals surface area contributed by atoms with Crippen LogP contribution in [0.15, 0.2) is 36.7 Å². The molecule has 1 amide bonds. The minimum Gasteiger partial charge on any atom is -0.462 e. The molecule has 0 atom stereocenters. The molecule has 0 radical (unpaired) electrons. The number of nitrogens with zero attached hydrogens (tertiary/aromatic N) is 4. The molecule has 1 aromatic heterocycles. The molecule has 29 heavy (non-hydrogen) atoms. The summed E-state index contributed by atoms with van der Waals surface area (Å²) in [4.78, 5) is 37.3. The van der Waals surface area contributed by atoms with Crippen LogP contribution in [0, 0.1) is 0 Å². The summed E-state index contributed by atoms with van der Waals surface area (Å²) in [7, 11) is 2.09. The summed E-state index contributed by atoms with van der Waals surface area (Å²) < 4.78 is 5.19. The highest BCUT2D eigenvalue weighted by molar-refractivity contribution is 6.03. The summed E-state index contributed by atoms with van der Waals surface area (Å²) in [6, 6.07) is 8.34. The van der Waals surface area contributed by atoms with Gasteiger partial charge in [-0.25, -0.2) is 14.8 Å². The van der Waals surface area contributed by atoms with Crippen molar-refractivity contribution in [2.45, 2.75) is 19.8 Å². The zero-order valence-corrected chi connectivity index (χ0v) is 16.9. The van der Waals surface area contributed by atoms with E-state index in [0.717, 1.165) is 44.8 Å². The van der Waals surface area contributed by atoms with Gasteiger partial charge in [-0.05, 0) is 37.7 Å². The Kier molecular flexibility index (Phi) is 7.13. The average molecular weight is 397 g/mol. The number of rotatable bonds is 7. The van der Waals surface area contributed by atoms with Crippen LogP contribution in [-0.4, -0.2) is 66.6 Å². The van der Waals surface area contributed by atoms with Crippen LogP contribution in [0.3, 0.4) is 0 Å². The van der Waals surface area contributed by atoms with Crippen molar-refractivity contribution >= 4 is 23.4 Å². The zero-order valence-electron chi connectivity index (χ0n) is 16.9.